The minimum Gasteiger partial charge on any atom is -0.328 e. The van der Waals surface area contributed by atoms with Crippen molar-refractivity contribution >= 4 is 11.4 Å². The molecule has 2 heteroatoms. The van der Waals surface area contributed by atoms with Crippen LogP contribution in [0.3, 0.4) is 0 Å². The molecule has 0 atom stereocenters. The van der Waals surface area contributed by atoms with Gasteiger partial charge in [-0.15, -0.1) is 0 Å². The van der Waals surface area contributed by atoms with Crippen LogP contribution in [0.5, 0.6) is 0 Å². The number of rotatable bonds is 4. The molecular weight excluding hydrogens is 280 g/mol. The van der Waals surface area contributed by atoms with Crippen LogP contribution in [0.25, 0.3) is 0 Å². The third kappa shape index (κ3) is 2.86. The van der Waals surface area contributed by atoms with E-state index in [1.165, 1.54) is 33.6 Å². The molecule has 2 nitrogen and oxygen atoms in total. The molecule has 0 unspecified atom stereocenters. The first-order valence-electron chi connectivity index (χ1n) is 8.54. The summed E-state index contributed by atoms with van der Waals surface area (Å²) < 4.78 is 0. The van der Waals surface area contributed by atoms with Crippen molar-refractivity contribution in [3.8, 4) is 0 Å². The summed E-state index contributed by atoms with van der Waals surface area (Å²) in [6.07, 6.45) is 6.56. The van der Waals surface area contributed by atoms with Crippen LogP contribution in [-0.2, 0) is 12.8 Å². The zero-order chi connectivity index (χ0) is 16.4. The van der Waals surface area contributed by atoms with E-state index in [-0.39, 0.29) is 0 Å². The Labute approximate surface area is 140 Å². The summed E-state index contributed by atoms with van der Waals surface area (Å²) in [6, 6.07) is 13.2. The van der Waals surface area contributed by atoms with Crippen molar-refractivity contribution in [2.45, 2.75) is 40.5 Å². The molecule has 0 bridgehead atoms. The maximum Gasteiger partial charge on any atom is 0.0989 e. The number of hydrogen-bond acceptors (Lipinski definition) is 2. The summed E-state index contributed by atoms with van der Waals surface area (Å²) in [6.45, 7) is 9.74. The van der Waals surface area contributed by atoms with Crippen LogP contribution in [0.4, 0.5) is 11.4 Å². The average molecular weight is 306 g/mol. The number of anilines is 2. The maximum absolute atomic E-state index is 2.39. The Morgan fingerprint density at radius 1 is 0.739 bits per heavy atom. The van der Waals surface area contributed by atoms with Gasteiger partial charge in [-0.05, 0) is 48.9 Å². The molecule has 2 aromatic rings. The molecule has 1 heterocycles. The van der Waals surface area contributed by atoms with E-state index in [1.54, 1.807) is 0 Å². The van der Waals surface area contributed by atoms with Crippen molar-refractivity contribution in [1.82, 2.24) is 0 Å². The van der Waals surface area contributed by atoms with Crippen LogP contribution in [0.15, 0.2) is 48.8 Å². The van der Waals surface area contributed by atoms with Gasteiger partial charge < -0.3 is 9.80 Å². The van der Waals surface area contributed by atoms with Crippen LogP contribution in [-0.4, -0.2) is 6.67 Å². The van der Waals surface area contributed by atoms with Gasteiger partial charge in [-0.1, -0.05) is 50.2 Å². The summed E-state index contributed by atoms with van der Waals surface area (Å²) in [7, 11) is 0. The fourth-order valence-electron chi connectivity index (χ4n) is 3.55. The third-order valence-corrected chi connectivity index (χ3v) is 4.71. The lowest BCUT2D eigenvalue weighted by molar-refractivity contribution is 0.937. The molecule has 0 aromatic heterocycles. The van der Waals surface area contributed by atoms with E-state index in [0.29, 0.717) is 0 Å². The molecule has 0 saturated heterocycles. The maximum atomic E-state index is 2.39. The molecule has 1 aliphatic heterocycles. The Kier molecular flexibility index (Phi) is 4.42. The van der Waals surface area contributed by atoms with Crippen molar-refractivity contribution in [3.63, 3.8) is 0 Å². The standard InChI is InChI=1S/C21H26N2/c1-5-18-11-8-12-19(6-2)21(18)23-14-13-22(15-23)20-16(3)9-7-10-17(20)4/h7-14H,5-6,15H2,1-4H3. The highest BCUT2D eigenvalue weighted by Crippen LogP contribution is 2.33. The second-order valence-electron chi connectivity index (χ2n) is 6.25. The number of para-hydroxylation sites is 2. The molecule has 120 valence electrons. The number of benzene rings is 2. The fourth-order valence-corrected chi connectivity index (χ4v) is 3.55. The summed E-state index contributed by atoms with van der Waals surface area (Å²) in [4.78, 5) is 4.75. The van der Waals surface area contributed by atoms with Crippen LogP contribution in [0.2, 0.25) is 0 Å². The van der Waals surface area contributed by atoms with E-state index in [9.17, 15) is 0 Å². The van der Waals surface area contributed by atoms with E-state index in [0.717, 1.165) is 19.5 Å². The highest BCUT2D eigenvalue weighted by Gasteiger charge is 2.21. The van der Waals surface area contributed by atoms with Crippen molar-refractivity contribution in [1.29, 1.82) is 0 Å². The average Bonchev–Trinajstić information content (AvgIpc) is 3.03. The molecule has 1 aliphatic rings. The minimum absolute atomic E-state index is 0.885. The summed E-state index contributed by atoms with van der Waals surface area (Å²) in [5.41, 5.74) is 8.24. The van der Waals surface area contributed by atoms with Gasteiger partial charge in [0.1, 0.15) is 0 Å². The Morgan fingerprint density at radius 2 is 1.22 bits per heavy atom. The topological polar surface area (TPSA) is 6.48 Å². The Balaban J connectivity index is 1.94. The Morgan fingerprint density at radius 3 is 1.74 bits per heavy atom. The van der Waals surface area contributed by atoms with E-state index < -0.39 is 0 Å². The minimum atomic E-state index is 0.885. The van der Waals surface area contributed by atoms with Gasteiger partial charge in [0.2, 0.25) is 0 Å². The van der Waals surface area contributed by atoms with Gasteiger partial charge in [-0.2, -0.15) is 0 Å². The van der Waals surface area contributed by atoms with E-state index >= 15 is 0 Å². The molecule has 0 spiro atoms. The highest BCUT2D eigenvalue weighted by molar-refractivity contribution is 5.68. The van der Waals surface area contributed by atoms with E-state index in [4.69, 9.17) is 0 Å². The lowest BCUT2D eigenvalue weighted by Gasteiger charge is -2.27. The van der Waals surface area contributed by atoms with Crippen LogP contribution < -0.4 is 9.80 Å². The fraction of sp³-hybridized carbons (Fsp3) is 0.333. The van der Waals surface area contributed by atoms with Gasteiger partial charge in [0, 0.05) is 23.8 Å². The quantitative estimate of drug-likeness (QED) is 0.767. The van der Waals surface area contributed by atoms with Gasteiger partial charge >= 0.3 is 0 Å². The molecular formula is C21H26N2. The molecule has 0 N–H and O–H groups in total. The summed E-state index contributed by atoms with van der Waals surface area (Å²) in [5, 5.41) is 0. The van der Waals surface area contributed by atoms with Gasteiger partial charge in [0.15, 0.2) is 0 Å². The SMILES string of the molecule is CCc1cccc(CC)c1N1C=CN(c2c(C)cccc2C)C1. The molecule has 0 fully saturated rings. The number of nitrogens with zero attached hydrogens (tertiary/aromatic N) is 2. The number of hydrogen-bond donors (Lipinski definition) is 0. The van der Waals surface area contributed by atoms with Gasteiger partial charge in [0.05, 0.1) is 6.67 Å². The molecule has 0 amide bonds. The first kappa shape index (κ1) is 15.7. The predicted octanol–water partition coefficient (Wildman–Crippen LogP) is 5.18. The monoisotopic (exact) mass is 306 g/mol. The van der Waals surface area contributed by atoms with E-state index in [2.05, 4.69) is 86.3 Å². The molecule has 0 saturated carbocycles. The second kappa shape index (κ2) is 6.49. The van der Waals surface area contributed by atoms with Gasteiger partial charge in [0.25, 0.3) is 0 Å². The normalized spacial score (nSPS) is 13.9. The highest BCUT2D eigenvalue weighted by atomic mass is 15.3. The number of aryl methyl sites for hydroxylation is 4. The molecule has 2 aromatic carbocycles. The first-order chi connectivity index (χ1) is 11.2. The zero-order valence-electron chi connectivity index (χ0n) is 14.6. The Hall–Kier alpha value is -2.22. The predicted molar refractivity (Wildman–Crippen MR) is 100 cm³/mol. The first-order valence-corrected chi connectivity index (χ1v) is 8.54. The van der Waals surface area contributed by atoms with Crippen LogP contribution in [0, 0.1) is 13.8 Å². The van der Waals surface area contributed by atoms with Gasteiger partial charge in [-0.25, -0.2) is 0 Å². The van der Waals surface area contributed by atoms with Crippen molar-refractivity contribution in [3.05, 3.63) is 71.1 Å². The Bertz CT molecular complexity index is 688. The van der Waals surface area contributed by atoms with Gasteiger partial charge in [-0.3, -0.25) is 0 Å². The molecule has 0 radical (unpaired) electrons. The molecule has 23 heavy (non-hydrogen) atoms. The third-order valence-electron chi connectivity index (χ3n) is 4.71. The smallest absolute Gasteiger partial charge is 0.0989 e. The summed E-state index contributed by atoms with van der Waals surface area (Å²) in [5.74, 6) is 0. The lowest BCUT2D eigenvalue weighted by Crippen LogP contribution is -2.27. The second-order valence-corrected chi connectivity index (χ2v) is 6.25. The summed E-state index contributed by atoms with van der Waals surface area (Å²) >= 11 is 0. The largest absolute Gasteiger partial charge is 0.328 e. The van der Waals surface area contributed by atoms with Crippen molar-refractivity contribution in [2.75, 3.05) is 16.5 Å². The van der Waals surface area contributed by atoms with Crippen LogP contribution in [0.1, 0.15) is 36.1 Å². The molecule has 3 rings (SSSR count). The molecule has 0 aliphatic carbocycles. The van der Waals surface area contributed by atoms with Crippen molar-refractivity contribution in [2.24, 2.45) is 0 Å². The zero-order valence-corrected chi connectivity index (χ0v) is 14.6. The van der Waals surface area contributed by atoms with Crippen molar-refractivity contribution < 1.29 is 0 Å². The van der Waals surface area contributed by atoms with Crippen LogP contribution >= 0.6 is 0 Å². The lowest BCUT2D eigenvalue weighted by atomic mass is 10.0. The van der Waals surface area contributed by atoms with E-state index in [1.807, 2.05) is 0 Å².